The number of aromatic nitrogens is 1. The van der Waals surface area contributed by atoms with Gasteiger partial charge in [-0.3, -0.25) is 14.6 Å². The van der Waals surface area contributed by atoms with E-state index in [2.05, 4.69) is 4.98 Å². The van der Waals surface area contributed by atoms with E-state index in [9.17, 15) is 14.7 Å². The molecular weight excluding hydrogens is 396 g/mol. The molecule has 3 heterocycles. The number of furan rings is 1. The molecule has 0 saturated heterocycles. The van der Waals surface area contributed by atoms with Crippen LogP contribution in [0, 0.1) is 0 Å². The summed E-state index contributed by atoms with van der Waals surface area (Å²) in [7, 11) is 0. The lowest BCUT2D eigenvalue weighted by molar-refractivity contribution is -0.130. The van der Waals surface area contributed by atoms with E-state index in [0.29, 0.717) is 17.9 Å². The van der Waals surface area contributed by atoms with Gasteiger partial charge in [0.05, 0.1) is 24.5 Å². The number of pyridine rings is 1. The third-order valence-corrected chi connectivity index (χ3v) is 5.04. The summed E-state index contributed by atoms with van der Waals surface area (Å²) in [6.07, 6.45) is 5.55. The van der Waals surface area contributed by atoms with Crippen LogP contribution >= 0.6 is 0 Å². The molecule has 158 valence electrons. The molecule has 3 aromatic rings. The summed E-state index contributed by atoms with van der Waals surface area (Å²) in [5, 5.41) is 10.7. The number of aliphatic hydroxyl groups excluding tert-OH is 1. The Morgan fingerprint density at radius 1 is 1.19 bits per heavy atom. The van der Waals surface area contributed by atoms with Gasteiger partial charge in [0.1, 0.15) is 5.75 Å². The molecule has 7 heteroatoms. The molecule has 1 amide bonds. The van der Waals surface area contributed by atoms with Crippen molar-refractivity contribution in [3.63, 3.8) is 0 Å². The van der Waals surface area contributed by atoms with Crippen molar-refractivity contribution in [2.45, 2.75) is 25.9 Å². The molecule has 1 atom stereocenters. The third-order valence-electron chi connectivity index (χ3n) is 5.04. The minimum atomic E-state index is -0.773. The van der Waals surface area contributed by atoms with Crippen LogP contribution in [0.3, 0.4) is 0 Å². The average Bonchev–Trinajstić information content (AvgIpc) is 3.42. The molecule has 4 rings (SSSR count). The number of rotatable bonds is 8. The number of aliphatic hydroxyl groups is 1. The van der Waals surface area contributed by atoms with Gasteiger partial charge in [-0.2, -0.15) is 0 Å². The second-order valence-electron chi connectivity index (χ2n) is 7.18. The van der Waals surface area contributed by atoms with Crippen LogP contribution in [0.1, 0.15) is 41.1 Å². The van der Waals surface area contributed by atoms with Crippen molar-refractivity contribution in [2.24, 2.45) is 0 Å². The van der Waals surface area contributed by atoms with Crippen LogP contribution in [0.5, 0.6) is 5.75 Å². The molecule has 0 spiro atoms. The summed E-state index contributed by atoms with van der Waals surface area (Å²) in [4.78, 5) is 31.7. The molecule has 31 heavy (non-hydrogen) atoms. The van der Waals surface area contributed by atoms with Crippen LogP contribution in [0.4, 0.5) is 0 Å². The lowest BCUT2D eigenvalue weighted by Gasteiger charge is -2.26. The zero-order valence-electron chi connectivity index (χ0n) is 17.0. The first kappa shape index (κ1) is 20.4. The molecule has 0 radical (unpaired) electrons. The summed E-state index contributed by atoms with van der Waals surface area (Å²) in [6.45, 7) is 2.80. The number of ketones is 1. The van der Waals surface area contributed by atoms with Crippen molar-refractivity contribution in [3.05, 3.63) is 95.4 Å². The maximum atomic E-state index is 13.1. The number of Topliss-reactive ketones (excluding diaryl/α,β-unsaturated/α-hetero) is 1. The highest BCUT2D eigenvalue weighted by Crippen LogP contribution is 2.40. The Kier molecular flexibility index (Phi) is 5.84. The SMILES string of the molecule is CCCOc1ccc([C@@H]2C(C(=O)c3ccco3)=C(O)C(=O)N2Cc2cccnc2)cc1. The number of ether oxygens (including phenoxy) is 1. The molecule has 7 nitrogen and oxygen atoms in total. The quantitative estimate of drug-likeness (QED) is 0.550. The molecule has 1 aliphatic rings. The van der Waals surface area contributed by atoms with E-state index in [1.165, 1.54) is 17.2 Å². The molecule has 0 bridgehead atoms. The van der Waals surface area contributed by atoms with Crippen LogP contribution in [0.15, 0.2) is 82.9 Å². The Morgan fingerprint density at radius 3 is 2.65 bits per heavy atom. The minimum Gasteiger partial charge on any atom is -0.503 e. The smallest absolute Gasteiger partial charge is 0.290 e. The van der Waals surface area contributed by atoms with Crippen LogP contribution < -0.4 is 4.74 Å². The molecule has 1 aromatic carbocycles. The summed E-state index contributed by atoms with van der Waals surface area (Å²) in [6, 6.07) is 13.1. The van der Waals surface area contributed by atoms with Gasteiger partial charge in [-0.05, 0) is 47.9 Å². The van der Waals surface area contributed by atoms with E-state index in [-0.39, 0.29) is 17.9 Å². The largest absolute Gasteiger partial charge is 0.503 e. The Morgan fingerprint density at radius 2 is 2.00 bits per heavy atom. The summed E-state index contributed by atoms with van der Waals surface area (Å²) in [5.74, 6) is -0.955. The number of hydrogen-bond acceptors (Lipinski definition) is 6. The second kappa shape index (κ2) is 8.87. The number of benzene rings is 1. The fraction of sp³-hybridized carbons (Fsp3) is 0.208. The highest BCUT2D eigenvalue weighted by molar-refractivity contribution is 6.14. The van der Waals surface area contributed by atoms with Crippen LogP contribution in [0.2, 0.25) is 0 Å². The summed E-state index contributed by atoms with van der Waals surface area (Å²) in [5.41, 5.74) is 1.45. The molecule has 1 N–H and O–H groups in total. The fourth-order valence-electron chi connectivity index (χ4n) is 3.59. The molecule has 0 aliphatic carbocycles. The van der Waals surface area contributed by atoms with Crippen molar-refractivity contribution in [3.8, 4) is 5.75 Å². The topological polar surface area (TPSA) is 92.9 Å². The Labute approximate surface area is 179 Å². The maximum absolute atomic E-state index is 13.1. The standard InChI is InChI=1S/C24H22N2O5/c1-2-12-30-18-9-7-17(8-10-18)21-20(22(27)19-6-4-13-31-19)23(28)24(29)26(21)15-16-5-3-11-25-14-16/h3-11,13-14,21,28H,2,12,15H2,1H3/t21-/m1/s1. The van der Waals surface area contributed by atoms with Gasteiger partial charge < -0.3 is 19.2 Å². The van der Waals surface area contributed by atoms with Gasteiger partial charge in [-0.25, -0.2) is 0 Å². The van der Waals surface area contributed by atoms with Gasteiger partial charge in [-0.15, -0.1) is 0 Å². The zero-order valence-corrected chi connectivity index (χ0v) is 17.0. The van der Waals surface area contributed by atoms with Gasteiger partial charge in [-0.1, -0.05) is 25.1 Å². The van der Waals surface area contributed by atoms with Crippen LogP contribution in [-0.4, -0.2) is 33.3 Å². The highest BCUT2D eigenvalue weighted by Gasteiger charge is 2.44. The zero-order chi connectivity index (χ0) is 21.8. The van der Waals surface area contributed by atoms with Crippen molar-refractivity contribution < 1.29 is 23.8 Å². The van der Waals surface area contributed by atoms with Crippen molar-refractivity contribution in [1.82, 2.24) is 9.88 Å². The van der Waals surface area contributed by atoms with Gasteiger partial charge in [0, 0.05) is 18.9 Å². The molecular formula is C24H22N2O5. The number of nitrogens with zero attached hydrogens (tertiary/aromatic N) is 2. The monoisotopic (exact) mass is 418 g/mol. The fourth-order valence-corrected chi connectivity index (χ4v) is 3.59. The van der Waals surface area contributed by atoms with Crippen molar-refractivity contribution in [1.29, 1.82) is 0 Å². The van der Waals surface area contributed by atoms with Crippen LogP contribution in [-0.2, 0) is 11.3 Å². The normalized spacial score (nSPS) is 16.1. The predicted molar refractivity (Wildman–Crippen MR) is 112 cm³/mol. The highest BCUT2D eigenvalue weighted by atomic mass is 16.5. The first-order valence-corrected chi connectivity index (χ1v) is 10.0. The third kappa shape index (κ3) is 4.07. The Balaban J connectivity index is 1.73. The lowest BCUT2D eigenvalue weighted by atomic mass is 9.95. The van der Waals surface area contributed by atoms with E-state index in [4.69, 9.17) is 9.15 Å². The molecule has 2 aromatic heterocycles. The summed E-state index contributed by atoms with van der Waals surface area (Å²) >= 11 is 0. The summed E-state index contributed by atoms with van der Waals surface area (Å²) < 4.78 is 10.9. The first-order chi connectivity index (χ1) is 15.1. The Hall–Kier alpha value is -3.87. The molecule has 0 unspecified atom stereocenters. The number of hydrogen-bond donors (Lipinski definition) is 1. The lowest BCUT2D eigenvalue weighted by Crippen LogP contribution is -2.30. The van der Waals surface area contributed by atoms with Crippen molar-refractivity contribution >= 4 is 11.7 Å². The maximum Gasteiger partial charge on any atom is 0.290 e. The van der Waals surface area contributed by atoms with Gasteiger partial charge in [0.2, 0.25) is 5.78 Å². The minimum absolute atomic E-state index is 0.00827. The average molecular weight is 418 g/mol. The van der Waals surface area contributed by atoms with E-state index < -0.39 is 23.5 Å². The molecule has 0 saturated carbocycles. The molecule has 1 aliphatic heterocycles. The van der Waals surface area contributed by atoms with Gasteiger partial charge in [0.15, 0.2) is 11.5 Å². The number of carbonyl (C=O) groups excluding carboxylic acids is 2. The van der Waals surface area contributed by atoms with E-state index in [1.807, 2.05) is 13.0 Å². The number of carbonyl (C=O) groups is 2. The molecule has 0 fully saturated rings. The van der Waals surface area contributed by atoms with E-state index >= 15 is 0 Å². The predicted octanol–water partition coefficient (Wildman–Crippen LogP) is 4.24. The Bertz CT molecular complexity index is 1090. The number of amides is 1. The van der Waals surface area contributed by atoms with Crippen LogP contribution in [0.25, 0.3) is 0 Å². The van der Waals surface area contributed by atoms with Gasteiger partial charge in [0.25, 0.3) is 5.91 Å². The van der Waals surface area contributed by atoms with Crippen molar-refractivity contribution in [2.75, 3.05) is 6.61 Å². The first-order valence-electron chi connectivity index (χ1n) is 10.0. The second-order valence-corrected chi connectivity index (χ2v) is 7.18. The van der Waals surface area contributed by atoms with E-state index in [1.54, 1.807) is 48.8 Å². The van der Waals surface area contributed by atoms with E-state index in [0.717, 1.165) is 12.0 Å². The van der Waals surface area contributed by atoms with Gasteiger partial charge >= 0.3 is 0 Å².